The molecule has 0 atom stereocenters. The van der Waals surface area contributed by atoms with Crippen molar-refractivity contribution in [1.29, 1.82) is 0 Å². The molecule has 0 spiro atoms. The maximum atomic E-state index is 12.4. The average molecular weight is 344 g/mol. The maximum Gasteiger partial charge on any atom is 0.242 e. The summed E-state index contributed by atoms with van der Waals surface area (Å²) in [5.41, 5.74) is 0. The molecule has 0 unspecified atom stereocenters. The second kappa shape index (κ2) is 5.76. The lowest BCUT2D eigenvalue weighted by Crippen LogP contribution is -2.48. The molecule has 6 heteroatoms. The Morgan fingerprint density at radius 1 is 1.37 bits per heavy atom. The van der Waals surface area contributed by atoms with E-state index in [0.29, 0.717) is 0 Å². The standard InChI is InChI=1S/C13H14BrNO3S/c1-4-9-15-12(16)13(2,3)19(17,18)11-7-5-10(14)6-8-11/h1,5-8H,9H2,2-3H3,(H,15,16). The summed E-state index contributed by atoms with van der Waals surface area (Å²) in [6, 6.07) is 6.13. The summed E-state index contributed by atoms with van der Waals surface area (Å²) in [6.45, 7) is 2.71. The van der Waals surface area contributed by atoms with E-state index in [0.717, 1.165) is 4.47 Å². The summed E-state index contributed by atoms with van der Waals surface area (Å²) in [4.78, 5) is 12.0. The van der Waals surface area contributed by atoms with Crippen LogP contribution in [0.25, 0.3) is 0 Å². The number of carbonyl (C=O) groups is 1. The zero-order chi connectivity index (χ0) is 14.7. The summed E-state index contributed by atoms with van der Waals surface area (Å²) >= 11 is 3.23. The summed E-state index contributed by atoms with van der Waals surface area (Å²) in [5, 5.41) is 2.40. The zero-order valence-electron chi connectivity index (χ0n) is 10.6. The van der Waals surface area contributed by atoms with Gasteiger partial charge in [-0.15, -0.1) is 6.42 Å². The highest BCUT2D eigenvalue weighted by Crippen LogP contribution is 2.26. The van der Waals surface area contributed by atoms with E-state index in [-0.39, 0.29) is 11.4 Å². The van der Waals surface area contributed by atoms with Gasteiger partial charge in [-0.2, -0.15) is 0 Å². The second-order valence-corrected chi connectivity index (χ2v) is 7.77. The smallest absolute Gasteiger partial charge is 0.242 e. The molecule has 0 aliphatic carbocycles. The third kappa shape index (κ3) is 3.17. The van der Waals surface area contributed by atoms with Crippen molar-refractivity contribution in [3.05, 3.63) is 28.7 Å². The number of sulfone groups is 1. The first-order valence-corrected chi connectivity index (χ1v) is 7.73. The molecule has 0 aliphatic rings. The van der Waals surface area contributed by atoms with Crippen LogP contribution in [0.15, 0.2) is 33.6 Å². The third-order valence-corrected chi connectivity index (χ3v) is 5.64. The highest BCUT2D eigenvalue weighted by atomic mass is 79.9. The molecule has 0 radical (unpaired) electrons. The molecule has 0 fully saturated rings. The average Bonchev–Trinajstić information content (AvgIpc) is 2.36. The fourth-order valence-corrected chi connectivity index (χ4v) is 3.04. The van der Waals surface area contributed by atoms with Crippen LogP contribution in [0, 0.1) is 12.3 Å². The molecule has 0 bridgehead atoms. The maximum absolute atomic E-state index is 12.4. The number of rotatable bonds is 4. The molecule has 102 valence electrons. The molecule has 1 N–H and O–H groups in total. The van der Waals surface area contributed by atoms with Crippen LogP contribution in [0.5, 0.6) is 0 Å². The van der Waals surface area contributed by atoms with Gasteiger partial charge in [0.1, 0.15) is 4.75 Å². The highest BCUT2D eigenvalue weighted by molar-refractivity contribution is 9.10. The van der Waals surface area contributed by atoms with Gasteiger partial charge in [0.05, 0.1) is 11.4 Å². The van der Waals surface area contributed by atoms with Crippen molar-refractivity contribution in [2.24, 2.45) is 0 Å². The Bertz CT molecular complexity index is 612. The van der Waals surface area contributed by atoms with Crippen LogP contribution in [0.4, 0.5) is 0 Å². The van der Waals surface area contributed by atoms with E-state index in [1.54, 1.807) is 12.1 Å². The predicted molar refractivity (Wildman–Crippen MR) is 77.2 cm³/mol. The SMILES string of the molecule is C#CCNC(=O)C(C)(C)S(=O)(=O)c1ccc(Br)cc1. The summed E-state index contributed by atoms with van der Waals surface area (Å²) in [6.07, 6.45) is 5.04. The van der Waals surface area contributed by atoms with Gasteiger partial charge in [0, 0.05) is 4.47 Å². The van der Waals surface area contributed by atoms with E-state index >= 15 is 0 Å². The van der Waals surface area contributed by atoms with Gasteiger partial charge in [-0.3, -0.25) is 4.79 Å². The number of amides is 1. The van der Waals surface area contributed by atoms with E-state index in [2.05, 4.69) is 27.2 Å². The van der Waals surface area contributed by atoms with Gasteiger partial charge in [-0.1, -0.05) is 21.9 Å². The predicted octanol–water partition coefficient (Wildman–Crippen LogP) is 1.75. The van der Waals surface area contributed by atoms with Gasteiger partial charge in [-0.05, 0) is 38.1 Å². The summed E-state index contributed by atoms with van der Waals surface area (Å²) in [5.74, 6) is 1.62. The highest BCUT2D eigenvalue weighted by Gasteiger charge is 2.42. The Labute approximate surface area is 121 Å². The van der Waals surface area contributed by atoms with Gasteiger partial charge in [0.15, 0.2) is 9.84 Å². The van der Waals surface area contributed by atoms with Crippen LogP contribution < -0.4 is 5.32 Å². The normalized spacial score (nSPS) is 11.7. The number of terminal acetylenes is 1. The van der Waals surface area contributed by atoms with Crippen LogP contribution in [-0.4, -0.2) is 25.6 Å². The van der Waals surface area contributed by atoms with E-state index in [4.69, 9.17) is 6.42 Å². The number of nitrogens with one attached hydrogen (secondary N) is 1. The van der Waals surface area contributed by atoms with Crippen molar-refractivity contribution in [3.63, 3.8) is 0 Å². The van der Waals surface area contributed by atoms with E-state index in [1.807, 2.05) is 0 Å². The lowest BCUT2D eigenvalue weighted by atomic mass is 10.2. The summed E-state index contributed by atoms with van der Waals surface area (Å²) in [7, 11) is -3.79. The first-order valence-electron chi connectivity index (χ1n) is 5.45. The largest absolute Gasteiger partial charge is 0.344 e. The monoisotopic (exact) mass is 343 g/mol. The Kier molecular flexibility index (Phi) is 4.77. The Hall–Kier alpha value is -1.32. The van der Waals surface area contributed by atoms with Crippen LogP contribution >= 0.6 is 15.9 Å². The van der Waals surface area contributed by atoms with E-state index < -0.39 is 20.5 Å². The minimum absolute atomic E-state index is 0.00186. The molecule has 0 saturated heterocycles. The fourth-order valence-electron chi connectivity index (χ4n) is 1.37. The number of benzene rings is 1. The molecule has 19 heavy (non-hydrogen) atoms. The lowest BCUT2D eigenvalue weighted by molar-refractivity contribution is -0.122. The Balaban J connectivity index is 3.15. The molecule has 1 amide bonds. The van der Waals surface area contributed by atoms with Gasteiger partial charge >= 0.3 is 0 Å². The van der Waals surface area contributed by atoms with Gasteiger partial charge in [-0.25, -0.2) is 8.42 Å². The van der Waals surface area contributed by atoms with Gasteiger partial charge in [0.25, 0.3) is 0 Å². The molecule has 4 nitrogen and oxygen atoms in total. The molecule has 0 aliphatic heterocycles. The molecule has 1 rings (SSSR count). The van der Waals surface area contributed by atoms with E-state index in [9.17, 15) is 13.2 Å². The van der Waals surface area contributed by atoms with Crippen LogP contribution in [0.3, 0.4) is 0 Å². The van der Waals surface area contributed by atoms with Gasteiger partial charge < -0.3 is 5.32 Å². The zero-order valence-corrected chi connectivity index (χ0v) is 13.0. The number of carbonyl (C=O) groups excluding carboxylic acids is 1. The van der Waals surface area contributed by atoms with Crippen LogP contribution in [0.2, 0.25) is 0 Å². The van der Waals surface area contributed by atoms with Crippen molar-refractivity contribution in [2.75, 3.05) is 6.54 Å². The fraction of sp³-hybridized carbons (Fsp3) is 0.308. The number of hydrogen-bond donors (Lipinski definition) is 1. The first-order chi connectivity index (χ1) is 8.73. The number of hydrogen-bond acceptors (Lipinski definition) is 3. The van der Waals surface area contributed by atoms with Crippen molar-refractivity contribution in [3.8, 4) is 12.3 Å². The van der Waals surface area contributed by atoms with Crippen LogP contribution in [0.1, 0.15) is 13.8 Å². The summed E-state index contributed by atoms with van der Waals surface area (Å²) < 4.78 is 24.1. The van der Waals surface area contributed by atoms with Crippen molar-refractivity contribution < 1.29 is 13.2 Å². The molecule has 0 heterocycles. The topological polar surface area (TPSA) is 63.2 Å². The Morgan fingerprint density at radius 3 is 2.37 bits per heavy atom. The van der Waals surface area contributed by atoms with Crippen molar-refractivity contribution in [1.82, 2.24) is 5.32 Å². The van der Waals surface area contributed by atoms with E-state index in [1.165, 1.54) is 26.0 Å². The molecule has 1 aromatic carbocycles. The minimum atomic E-state index is -3.79. The first kappa shape index (κ1) is 15.7. The third-order valence-electron chi connectivity index (χ3n) is 2.69. The molecule has 1 aromatic rings. The van der Waals surface area contributed by atoms with Crippen LogP contribution in [-0.2, 0) is 14.6 Å². The molecular formula is C13H14BrNO3S. The second-order valence-electron chi connectivity index (χ2n) is 4.35. The van der Waals surface area contributed by atoms with Crippen molar-refractivity contribution in [2.45, 2.75) is 23.5 Å². The molecular weight excluding hydrogens is 330 g/mol. The number of halogens is 1. The quantitative estimate of drug-likeness (QED) is 0.847. The van der Waals surface area contributed by atoms with Gasteiger partial charge in [0.2, 0.25) is 5.91 Å². The molecule has 0 aromatic heterocycles. The lowest BCUT2D eigenvalue weighted by Gasteiger charge is -2.23. The Morgan fingerprint density at radius 2 is 1.89 bits per heavy atom. The molecule has 0 saturated carbocycles. The minimum Gasteiger partial charge on any atom is -0.344 e. The van der Waals surface area contributed by atoms with Crippen molar-refractivity contribution >= 4 is 31.7 Å².